The van der Waals surface area contributed by atoms with Gasteiger partial charge in [-0.15, -0.1) is 0 Å². The highest BCUT2D eigenvalue weighted by molar-refractivity contribution is 5.70. The summed E-state index contributed by atoms with van der Waals surface area (Å²) < 4.78 is 4.23. The van der Waals surface area contributed by atoms with Gasteiger partial charge in [0.1, 0.15) is 5.82 Å². The molecule has 2 heterocycles. The van der Waals surface area contributed by atoms with E-state index in [4.69, 9.17) is 5.73 Å². The zero-order valence-corrected chi connectivity index (χ0v) is 10.8. The lowest BCUT2D eigenvalue weighted by molar-refractivity contribution is 0.705. The lowest BCUT2D eigenvalue weighted by Gasteiger charge is -2.03. The standard InChI is InChI=1S/C11H17N5O2/c1-14-7(5-4-6-12)13-9-8(14)10(17)16(3)11(18)15(9)2/h4-6,12H2,1-3H3. The molecule has 18 heavy (non-hydrogen) atoms. The fourth-order valence-electron chi connectivity index (χ4n) is 2.05. The summed E-state index contributed by atoms with van der Waals surface area (Å²) in [6.45, 7) is 0.570. The van der Waals surface area contributed by atoms with Gasteiger partial charge in [0.25, 0.3) is 5.56 Å². The first-order valence-corrected chi connectivity index (χ1v) is 5.80. The molecule has 7 heteroatoms. The third kappa shape index (κ3) is 1.67. The van der Waals surface area contributed by atoms with Crippen LogP contribution in [0.25, 0.3) is 11.2 Å². The molecule has 0 bridgehead atoms. The van der Waals surface area contributed by atoms with E-state index in [0.29, 0.717) is 24.1 Å². The summed E-state index contributed by atoms with van der Waals surface area (Å²) in [7, 11) is 4.87. The van der Waals surface area contributed by atoms with Crippen LogP contribution in [0.2, 0.25) is 0 Å². The van der Waals surface area contributed by atoms with Gasteiger partial charge in [0, 0.05) is 27.6 Å². The van der Waals surface area contributed by atoms with Crippen molar-refractivity contribution in [2.24, 2.45) is 26.9 Å². The van der Waals surface area contributed by atoms with Crippen LogP contribution in [0.15, 0.2) is 9.59 Å². The van der Waals surface area contributed by atoms with Crippen LogP contribution in [0.3, 0.4) is 0 Å². The fraction of sp³-hybridized carbons (Fsp3) is 0.545. The smallest absolute Gasteiger partial charge is 0.330 e. The van der Waals surface area contributed by atoms with Crippen LogP contribution in [0, 0.1) is 0 Å². The van der Waals surface area contributed by atoms with E-state index in [2.05, 4.69) is 4.98 Å². The molecular weight excluding hydrogens is 234 g/mol. The van der Waals surface area contributed by atoms with Crippen molar-refractivity contribution in [1.29, 1.82) is 0 Å². The Kier molecular flexibility index (Phi) is 3.08. The van der Waals surface area contributed by atoms with Crippen LogP contribution in [-0.2, 0) is 27.6 Å². The third-order valence-electron chi connectivity index (χ3n) is 3.17. The molecular formula is C11H17N5O2. The van der Waals surface area contributed by atoms with Gasteiger partial charge < -0.3 is 10.3 Å². The number of hydrogen-bond acceptors (Lipinski definition) is 4. The minimum Gasteiger partial charge on any atom is -0.330 e. The molecule has 2 aromatic rings. The normalized spacial score (nSPS) is 11.3. The number of aryl methyl sites for hydroxylation is 3. The Labute approximate surface area is 103 Å². The van der Waals surface area contributed by atoms with E-state index in [-0.39, 0.29) is 11.2 Å². The van der Waals surface area contributed by atoms with Gasteiger partial charge in [0.05, 0.1) is 0 Å². The molecule has 98 valence electrons. The lowest BCUT2D eigenvalue weighted by atomic mass is 10.3. The maximum absolute atomic E-state index is 12.1. The summed E-state index contributed by atoms with van der Waals surface area (Å²) in [4.78, 5) is 28.2. The maximum Gasteiger partial charge on any atom is 0.332 e. The minimum atomic E-state index is -0.365. The molecule has 2 rings (SSSR count). The zero-order valence-electron chi connectivity index (χ0n) is 10.8. The van der Waals surface area contributed by atoms with Crippen LogP contribution in [0.1, 0.15) is 12.2 Å². The second kappa shape index (κ2) is 4.41. The monoisotopic (exact) mass is 251 g/mol. The number of aromatic nitrogens is 4. The van der Waals surface area contributed by atoms with Gasteiger partial charge in [-0.25, -0.2) is 9.78 Å². The Morgan fingerprint density at radius 1 is 1.11 bits per heavy atom. The highest BCUT2D eigenvalue weighted by atomic mass is 16.2. The average molecular weight is 251 g/mol. The third-order valence-corrected chi connectivity index (χ3v) is 3.17. The molecule has 0 aliphatic rings. The van der Waals surface area contributed by atoms with E-state index in [1.807, 2.05) is 0 Å². The second-order valence-electron chi connectivity index (χ2n) is 4.36. The quantitative estimate of drug-likeness (QED) is 0.747. The Hall–Kier alpha value is -1.89. The fourth-order valence-corrected chi connectivity index (χ4v) is 2.05. The average Bonchev–Trinajstić information content (AvgIpc) is 2.69. The molecule has 0 saturated heterocycles. The van der Waals surface area contributed by atoms with Gasteiger partial charge >= 0.3 is 5.69 Å². The molecule has 2 N–H and O–H groups in total. The highest BCUT2D eigenvalue weighted by Crippen LogP contribution is 2.10. The number of nitrogens with zero attached hydrogens (tertiary/aromatic N) is 4. The van der Waals surface area contributed by atoms with Crippen molar-refractivity contribution in [2.75, 3.05) is 6.54 Å². The summed E-state index contributed by atoms with van der Waals surface area (Å²) in [5.74, 6) is 0.772. The molecule has 0 amide bonds. The van der Waals surface area contributed by atoms with Crippen molar-refractivity contribution in [2.45, 2.75) is 12.8 Å². The first-order valence-electron chi connectivity index (χ1n) is 5.80. The van der Waals surface area contributed by atoms with E-state index in [9.17, 15) is 9.59 Å². The number of hydrogen-bond donors (Lipinski definition) is 1. The Bertz CT molecular complexity index is 707. The second-order valence-corrected chi connectivity index (χ2v) is 4.36. The van der Waals surface area contributed by atoms with Crippen LogP contribution >= 0.6 is 0 Å². The van der Waals surface area contributed by atoms with Crippen molar-refractivity contribution in [3.8, 4) is 0 Å². The van der Waals surface area contributed by atoms with E-state index in [1.54, 1.807) is 18.7 Å². The van der Waals surface area contributed by atoms with E-state index in [1.165, 1.54) is 11.6 Å². The molecule has 0 fully saturated rings. The van der Waals surface area contributed by atoms with Gasteiger partial charge in [-0.3, -0.25) is 13.9 Å². The van der Waals surface area contributed by atoms with Gasteiger partial charge in [-0.2, -0.15) is 0 Å². The number of nitrogens with two attached hydrogens (primary N) is 1. The molecule has 2 aromatic heterocycles. The number of imidazole rings is 1. The summed E-state index contributed by atoms with van der Waals surface area (Å²) in [5, 5.41) is 0. The van der Waals surface area contributed by atoms with Crippen molar-refractivity contribution >= 4 is 11.2 Å². The molecule has 0 saturated carbocycles. The molecule has 7 nitrogen and oxygen atoms in total. The maximum atomic E-state index is 12.1. The van der Waals surface area contributed by atoms with Crippen LogP contribution < -0.4 is 17.0 Å². The Balaban J connectivity index is 2.80. The van der Waals surface area contributed by atoms with Crippen molar-refractivity contribution in [1.82, 2.24) is 18.7 Å². The molecule has 0 unspecified atom stereocenters. The summed E-state index contributed by atoms with van der Waals surface area (Å²) in [6.07, 6.45) is 1.49. The summed E-state index contributed by atoms with van der Waals surface area (Å²) >= 11 is 0. The molecule has 0 spiro atoms. The van der Waals surface area contributed by atoms with Gasteiger partial charge in [-0.1, -0.05) is 0 Å². The molecule has 0 aromatic carbocycles. The molecule has 0 aliphatic carbocycles. The Morgan fingerprint density at radius 2 is 1.78 bits per heavy atom. The van der Waals surface area contributed by atoms with Crippen LogP contribution in [0.4, 0.5) is 0 Å². The topological polar surface area (TPSA) is 87.8 Å². The first-order chi connectivity index (χ1) is 8.49. The van der Waals surface area contributed by atoms with Gasteiger partial charge in [0.2, 0.25) is 0 Å². The van der Waals surface area contributed by atoms with Crippen molar-refractivity contribution < 1.29 is 0 Å². The Morgan fingerprint density at radius 3 is 2.39 bits per heavy atom. The van der Waals surface area contributed by atoms with Crippen LogP contribution in [-0.4, -0.2) is 25.2 Å². The first kappa shape index (κ1) is 12.6. The van der Waals surface area contributed by atoms with Crippen molar-refractivity contribution in [3.05, 3.63) is 26.7 Å². The molecule has 0 atom stereocenters. The summed E-state index contributed by atoms with van der Waals surface area (Å²) in [6, 6.07) is 0. The predicted octanol–water partition coefficient (Wildman–Crippen LogP) is -1.14. The predicted molar refractivity (Wildman–Crippen MR) is 68.6 cm³/mol. The SMILES string of the molecule is Cn1c(=O)c2c(nc(CCCN)n2C)n(C)c1=O. The molecule has 0 aliphatic heterocycles. The largest absolute Gasteiger partial charge is 0.332 e. The highest BCUT2D eigenvalue weighted by Gasteiger charge is 2.16. The van der Waals surface area contributed by atoms with Gasteiger partial charge in [0.15, 0.2) is 11.2 Å². The van der Waals surface area contributed by atoms with Gasteiger partial charge in [-0.05, 0) is 13.0 Å². The lowest BCUT2D eigenvalue weighted by Crippen LogP contribution is -2.37. The minimum absolute atomic E-state index is 0.318. The van der Waals surface area contributed by atoms with E-state index >= 15 is 0 Å². The number of rotatable bonds is 3. The number of fused-ring (bicyclic) bond motifs is 1. The summed E-state index contributed by atoms with van der Waals surface area (Å²) in [5.41, 5.74) is 5.67. The zero-order chi connectivity index (χ0) is 13.4. The van der Waals surface area contributed by atoms with E-state index < -0.39 is 0 Å². The molecule has 0 radical (unpaired) electrons. The van der Waals surface area contributed by atoms with Crippen LogP contribution in [0.5, 0.6) is 0 Å². The van der Waals surface area contributed by atoms with E-state index in [0.717, 1.165) is 16.8 Å². The van der Waals surface area contributed by atoms with Crippen molar-refractivity contribution in [3.63, 3.8) is 0 Å².